The predicted octanol–water partition coefficient (Wildman–Crippen LogP) is 2.80. The van der Waals surface area contributed by atoms with E-state index in [1.165, 1.54) is 12.1 Å². The van der Waals surface area contributed by atoms with Gasteiger partial charge in [0.15, 0.2) is 0 Å². The van der Waals surface area contributed by atoms with Gasteiger partial charge in [-0.2, -0.15) is 0 Å². The second kappa shape index (κ2) is 6.46. The van der Waals surface area contributed by atoms with Crippen molar-refractivity contribution in [3.05, 3.63) is 35.6 Å². The van der Waals surface area contributed by atoms with E-state index < -0.39 is 0 Å². The van der Waals surface area contributed by atoms with Gasteiger partial charge < -0.3 is 15.2 Å². The van der Waals surface area contributed by atoms with E-state index >= 15 is 0 Å². The summed E-state index contributed by atoms with van der Waals surface area (Å²) in [7, 11) is 0. The molecule has 2 N–H and O–H groups in total. The molecule has 3 atom stereocenters. The van der Waals surface area contributed by atoms with Gasteiger partial charge in [-0.15, -0.1) is 0 Å². The third-order valence-electron chi connectivity index (χ3n) is 3.47. The molecule has 1 saturated heterocycles. The summed E-state index contributed by atoms with van der Waals surface area (Å²) in [6.45, 7) is 4.51. The third kappa shape index (κ3) is 4.00. The van der Waals surface area contributed by atoms with Crippen LogP contribution in [-0.2, 0) is 9.47 Å². The summed E-state index contributed by atoms with van der Waals surface area (Å²) in [5, 5.41) is 0. The van der Waals surface area contributed by atoms with E-state index in [0.717, 1.165) is 18.4 Å². The highest BCUT2D eigenvalue weighted by Gasteiger charge is 2.27. The average Bonchev–Trinajstić information content (AvgIpc) is 2.36. The first-order chi connectivity index (χ1) is 9.08. The second-order valence-electron chi connectivity index (χ2n) is 5.26. The normalized spacial score (nSPS) is 29.2. The van der Waals surface area contributed by atoms with Crippen molar-refractivity contribution in [1.82, 2.24) is 0 Å². The molecule has 0 spiro atoms. The predicted molar refractivity (Wildman–Crippen MR) is 72.3 cm³/mol. The van der Waals surface area contributed by atoms with Gasteiger partial charge in [-0.1, -0.05) is 12.1 Å². The van der Waals surface area contributed by atoms with Crippen LogP contribution in [0.15, 0.2) is 24.3 Å². The molecule has 19 heavy (non-hydrogen) atoms. The van der Waals surface area contributed by atoms with E-state index in [1.807, 2.05) is 0 Å². The van der Waals surface area contributed by atoms with Crippen molar-refractivity contribution in [2.45, 2.75) is 51.1 Å². The number of hydrogen-bond donors (Lipinski definition) is 1. The molecule has 0 amide bonds. The molecule has 0 aromatic heterocycles. The van der Waals surface area contributed by atoms with Crippen molar-refractivity contribution in [3.8, 4) is 0 Å². The first-order valence-corrected chi connectivity index (χ1v) is 6.85. The molecule has 106 valence electrons. The van der Waals surface area contributed by atoms with Crippen molar-refractivity contribution < 1.29 is 13.9 Å². The van der Waals surface area contributed by atoms with E-state index in [2.05, 4.69) is 13.8 Å². The van der Waals surface area contributed by atoms with E-state index in [1.54, 1.807) is 12.1 Å². The van der Waals surface area contributed by atoms with Crippen LogP contribution in [0.5, 0.6) is 0 Å². The number of halogens is 1. The highest BCUT2D eigenvalue weighted by Crippen LogP contribution is 2.27. The molecule has 4 heteroatoms. The minimum Gasteiger partial charge on any atom is -0.375 e. The first-order valence-electron chi connectivity index (χ1n) is 6.85. The standard InChI is InChI=1S/C15H22FNO2/c1-10-7-14(8-11(2)18-10)19-15(9-17)12-3-5-13(16)6-4-12/h3-6,10-11,14-15H,7-9,17H2,1-2H3. The summed E-state index contributed by atoms with van der Waals surface area (Å²) in [5.74, 6) is -0.243. The quantitative estimate of drug-likeness (QED) is 0.912. The lowest BCUT2D eigenvalue weighted by atomic mass is 10.0. The van der Waals surface area contributed by atoms with E-state index in [9.17, 15) is 4.39 Å². The van der Waals surface area contributed by atoms with Crippen LogP contribution in [0.2, 0.25) is 0 Å². The number of ether oxygens (including phenoxy) is 2. The van der Waals surface area contributed by atoms with Crippen LogP contribution < -0.4 is 5.73 Å². The minimum atomic E-state index is -0.243. The summed E-state index contributed by atoms with van der Waals surface area (Å²) in [6.07, 6.45) is 2.14. The lowest BCUT2D eigenvalue weighted by molar-refractivity contribution is -0.120. The largest absolute Gasteiger partial charge is 0.375 e. The minimum absolute atomic E-state index is 0.150. The Hall–Kier alpha value is -0.970. The maximum Gasteiger partial charge on any atom is 0.123 e. The van der Waals surface area contributed by atoms with Crippen molar-refractivity contribution >= 4 is 0 Å². The molecule has 1 fully saturated rings. The van der Waals surface area contributed by atoms with Crippen molar-refractivity contribution in [1.29, 1.82) is 0 Å². The molecule has 1 aliphatic rings. The van der Waals surface area contributed by atoms with Crippen LogP contribution >= 0.6 is 0 Å². The van der Waals surface area contributed by atoms with Gasteiger partial charge in [-0.05, 0) is 44.4 Å². The van der Waals surface area contributed by atoms with Gasteiger partial charge in [0.25, 0.3) is 0 Å². The lowest BCUT2D eigenvalue weighted by Crippen LogP contribution is -2.35. The molecule has 2 rings (SSSR count). The van der Waals surface area contributed by atoms with Gasteiger partial charge in [0.2, 0.25) is 0 Å². The summed E-state index contributed by atoms with van der Waals surface area (Å²) in [6, 6.07) is 6.35. The van der Waals surface area contributed by atoms with Crippen LogP contribution in [0.4, 0.5) is 4.39 Å². The van der Waals surface area contributed by atoms with Gasteiger partial charge in [-0.25, -0.2) is 4.39 Å². The lowest BCUT2D eigenvalue weighted by Gasteiger charge is -2.34. The Morgan fingerprint density at radius 1 is 1.26 bits per heavy atom. The fourth-order valence-corrected chi connectivity index (χ4v) is 2.64. The molecule has 0 saturated carbocycles. The molecule has 0 bridgehead atoms. The number of hydrogen-bond acceptors (Lipinski definition) is 3. The van der Waals surface area contributed by atoms with Crippen LogP contribution in [0.3, 0.4) is 0 Å². The fraction of sp³-hybridized carbons (Fsp3) is 0.600. The molecular formula is C15H22FNO2. The van der Waals surface area contributed by atoms with Crippen LogP contribution in [0.25, 0.3) is 0 Å². The first kappa shape index (κ1) is 14.4. The monoisotopic (exact) mass is 267 g/mol. The maximum absolute atomic E-state index is 12.9. The van der Waals surface area contributed by atoms with E-state index in [0.29, 0.717) is 6.54 Å². The summed E-state index contributed by atoms with van der Waals surface area (Å²) >= 11 is 0. The number of rotatable bonds is 4. The highest BCUT2D eigenvalue weighted by molar-refractivity contribution is 5.19. The molecule has 1 aromatic carbocycles. The van der Waals surface area contributed by atoms with Crippen LogP contribution in [0, 0.1) is 5.82 Å². The summed E-state index contributed by atoms with van der Waals surface area (Å²) < 4.78 is 24.7. The Kier molecular flexibility index (Phi) is 4.91. The topological polar surface area (TPSA) is 44.5 Å². The number of nitrogens with two attached hydrogens (primary N) is 1. The average molecular weight is 267 g/mol. The maximum atomic E-state index is 12.9. The van der Waals surface area contributed by atoms with Gasteiger partial charge in [0.05, 0.1) is 24.4 Å². The molecular weight excluding hydrogens is 245 g/mol. The van der Waals surface area contributed by atoms with Gasteiger partial charge in [-0.3, -0.25) is 0 Å². The Balaban J connectivity index is 2.00. The van der Waals surface area contributed by atoms with Crippen LogP contribution in [0.1, 0.15) is 38.4 Å². The number of benzene rings is 1. The summed E-state index contributed by atoms with van der Waals surface area (Å²) in [4.78, 5) is 0. The zero-order valence-corrected chi connectivity index (χ0v) is 11.5. The highest BCUT2D eigenvalue weighted by atomic mass is 19.1. The van der Waals surface area contributed by atoms with E-state index in [4.69, 9.17) is 15.2 Å². The molecule has 1 heterocycles. The summed E-state index contributed by atoms with van der Waals surface area (Å²) in [5.41, 5.74) is 6.71. The van der Waals surface area contributed by atoms with Crippen molar-refractivity contribution in [2.75, 3.05) is 6.54 Å². The molecule has 1 aliphatic heterocycles. The van der Waals surface area contributed by atoms with Crippen LogP contribution in [-0.4, -0.2) is 24.9 Å². The second-order valence-corrected chi connectivity index (χ2v) is 5.26. The van der Waals surface area contributed by atoms with Crippen molar-refractivity contribution in [3.63, 3.8) is 0 Å². The fourth-order valence-electron chi connectivity index (χ4n) is 2.64. The Labute approximate surface area is 113 Å². The van der Waals surface area contributed by atoms with Gasteiger partial charge >= 0.3 is 0 Å². The van der Waals surface area contributed by atoms with Gasteiger partial charge in [0.1, 0.15) is 5.82 Å². The smallest absolute Gasteiger partial charge is 0.123 e. The zero-order valence-electron chi connectivity index (χ0n) is 11.5. The Morgan fingerprint density at radius 3 is 2.37 bits per heavy atom. The van der Waals surface area contributed by atoms with E-state index in [-0.39, 0.29) is 30.2 Å². The molecule has 0 aliphatic carbocycles. The van der Waals surface area contributed by atoms with Crippen molar-refractivity contribution in [2.24, 2.45) is 5.73 Å². The van der Waals surface area contributed by atoms with Gasteiger partial charge in [0, 0.05) is 6.54 Å². The Morgan fingerprint density at radius 2 is 1.84 bits per heavy atom. The molecule has 3 unspecified atom stereocenters. The molecule has 3 nitrogen and oxygen atoms in total. The zero-order chi connectivity index (χ0) is 13.8. The molecule has 0 radical (unpaired) electrons. The molecule has 1 aromatic rings. The Bertz CT molecular complexity index is 386. The third-order valence-corrected chi connectivity index (χ3v) is 3.47. The SMILES string of the molecule is CC1CC(OC(CN)c2ccc(F)cc2)CC(C)O1.